The molecule has 0 bridgehead atoms. The SMILES string of the molecule is CCc1cc(C(C)C)ccc1-n1nc(C(F)(F)F)nc1N(C)C.Sc1ccccc1. The van der Waals surface area contributed by atoms with E-state index in [0.717, 1.165) is 16.0 Å². The molecule has 162 valence electrons. The Kier molecular flexibility index (Phi) is 7.95. The van der Waals surface area contributed by atoms with Crippen molar-refractivity contribution < 1.29 is 13.2 Å². The summed E-state index contributed by atoms with van der Waals surface area (Å²) in [7, 11) is 3.30. The van der Waals surface area contributed by atoms with Crippen molar-refractivity contribution >= 4 is 18.6 Å². The average Bonchev–Trinajstić information content (AvgIpc) is 3.14. The number of alkyl halides is 3. The molecule has 1 aromatic heterocycles. The van der Waals surface area contributed by atoms with E-state index in [1.807, 2.05) is 55.5 Å². The smallest absolute Gasteiger partial charge is 0.347 e. The van der Waals surface area contributed by atoms with Gasteiger partial charge in [-0.05, 0) is 41.7 Å². The molecular formula is C22H27F3N4S. The predicted molar refractivity (Wildman–Crippen MR) is 118 cm³/mol. The zero-order chi connectivity index (χ0) is 22.5. The van der Waals surface area contributed by atoms with Crippen LogP contribution in [0.15, 0.2) is 53.4 Å². The van der Waals surface area contributed by atoms with Crippen molar-refractivity contribution in [3.63, 3.8) is 0 Å². The molecule has 0 spiro atoms. The van der Waals surface area contributed by atoms with Crippen molar-refractivity contribution in [1.29, 1.82) is 0 Å². The van der Waals surface area contributed by atoms with Gasteiger partial charge in [0.2, 0.25) is 5.95 Å². The van der Waals surface area contributed by atoms with Crippen molar-refractivity contribution in [3.05, 3.63) is 65.5 Å². The largest absolute Gasteiger partial charge is 0.453 e. The molecule has 0 radical (unpaired) electrons. The van der Waals surface area contributed by atoms with E-state index in [4.69, 9.17) is 0 Å². The quantitative estimate of drug-likeness (QED) is 0.508. The lowest BCUT2D eigenvalue weighted by Crippen LogP contribution is -2.16. The van der Waals surface area contributed by atoms with Gasteiger partial charge in [-0.1, -0.05) is 51.1 Å². The Morgan fingerprint density at radius 3 is 2.13 bits per heavy atom. The van der Waals surface area contributed by atoms with Gasteiger partial charge in [0.25, 0.3) is 5.82 Å². The van der Waals surface area contributed by atoms with E-state index in [0.29, 0.717) is 18.0 Å². The molecule has 0 amide bonds. The summed E-state index contributed by atoms with van der Waals surface area (Å²) in [4.78, 5) is 6.19. The van der Waals surface area contributed by atoms with Gasteiger partial charge in [0.05, 0.1) is 5.69 Å². The monoisotopic (exact) mass is 436 g/mol. The molecule has 0 N–H and O–H groups in total. The van der Waals surface area contributed by atoms with Crippen LogP contribution in [0.2, 0.25) is 0 Å². The summed E-state index contributed by atoms with van der Waals surface area (Å²) in [5.41, 5.74) is 2.72. The van der Waals surface area contributed by atoms with Crippen molar-refractivity contribution in [1.82, 2.24) is 14.8 Å². The van der Waals surface area contributed by atoms with Gasteiger partial charge in [-0.25, -0.2) is 0 Å². The first-order valence-electron chi connectivity index (χ1n) is 9.63. The summed E-state index contributed by atoms with van der Waals surface area (Å²) in [6.45, 7) is 6.13. The van der Waals surface area contributed by atoms with Gasteiger partial charge in [-0.2, -0.15) is 22.8 Å². The fourth-order valence-corrected chi connectivity index (χ4v) is 2.93. The number of hydrogen-bond donors (Lipinski definition) is 1. The Balaban J connectivity index is 0.000000386. The Morgan fingerprint density at radius 1 is 1.07 bits per heavy atom. The summed E-state index contributed by atoms with van der Waals surface area (Å²) < 4.78 is 40.1. The molecule has 30 heavy (non-hydrogen) atoms. The van der Waals surface area contributed by atoms with Crippen molar-refractivity contribution in [2.75, 3.05) is 19.0 Å². The highest BCUT2D eigenvalue weighted by atomic mass is 32.1. The first kappa shape index (κ1) is 23.8. The van der Waals surface area contributed by atoms with Gasteiger partial charge < -0.3 is 4.90 Å². The van der Waals surface area contributed by atoms with E-state index in [1.165, 1.54) is 9.58 Å². The summed E-state index contributed by atoms with van der Waals surface area (Å²) in [6.07, 6.45) is -3.87. The molecule has 3 aromatic rings. The van der Waals surface area contributed by atoms with Crippen LogP contribution in [0.3, 0.4) is 0 Å². The van der Waals surface area contributed by atoms with Crippen LogP contribution >= 0.6 is 12.6 Å². The van der Waals surface area contributed by atoms with Gasteiger partial charge in [0.1, 0.15) is 0 Å². The predicted octanol–water partition coefficient (Wildman–Crippen LogP) is 6.01. The molecule has 8 heteroatoms. The lowest BCUT2D eigenvalue weighted by Gasteiger charge is -2.16. The fourth-order valence-electron chi connectivity index (χ4n) is 2.76. The molecule has 0 atom stereocenters. The number of aromatic nitrogens is 3. The lowest BCUT2D eigenvalue weighted by molar-refractivity contribution is -0.144. The van der Waals surface area contributed by atoms with Crippen LogP contribution in [0.1, 0.15) is 43.6 Å². The zero-order valence-corrected chi connectivity index (χ0v) is 18.7. The molecule has 0 aliphatic rings. The Bertz CT molecular complexity index is 951. The standard InChI is InChI=1S/C16H21F3N4.C6H6S/c1-6-11-9-12(10(2)3)7-8-13(11)23-15(22(4)5)20-14(21-23)16(17,18)19;7-6-4-2-1-3-5-6/h7-10H,6H2,1-5H3;1-5,7H. The van der Waals surface area contributed by atoms with Crippen LogP contribution in [0.4, 0.5) is 19.1 Å². The van der Waals surface area contributed by atoms with Crippen molar-refractivity contribution in [3.8, 4) is 5.69 Å². The third-order valence-corrected chi connectivity index (χ3v) is 4.68. The normalized spacial score (nSPS) is 11.3. The first-order valence-corrected chi connectivity index (χ1v) is 10.1. The fraction of sp³-hybridized carbons (Fsp3) is 0.364. The number of aryl methyl sites for hydroxylation is 1. The number of halogens is 3. The van der Waals surface area contributed by atoms with Gasteiger partial charge in [-0.15, -0.1) is 17.7 Å². The van der Waals surface area contributed by atoms with E-state index in [2.05, 4.69) is 36.6 Å². The molecule has 0 unspecified atom stereocenters. The Labute approximate surface area is 181 Å². The minimum Gasteiger partial charge on any atom is -0.347 e. The Morgan fingerprint density at radius 2 is 1.70 bits per heavy atom. The van der Waals surface area contributed by atoms with Gasteiger partial charge in [0, 0.05) is 19.0 Å². The van der Waals surface area contributed by atoms with Gasteiger partial charge in [0.15, 0.2) is 0 Å². The van der Waals surface area contributed by atoms with Crippen LogP contribution in [0, 0.1) is 0 Å². The zero-order valence-electron chi connectivity index (χ0n) is 17.8. The molecule has 0 saturated carbocycles. The molecule has 3 rings (SSSR count). The van der Waals surface area contributed by atoms with E-state index in [-0.39, 0.29) is 5.95 Å². The number of thiol groups is 1. The maximum absolute atomic E-state index is 13.0. The number of nitrogens with zero attached hydrogens (tertiary/aromatic N) is 4. The third-order valence-electron chi connectivity index (χ3n) is 4.38. The lowest BCUT2D eigenvalue weighted by atomic mass is 9.98. The highest BCUT2D eigenvalue weighted by molar-refractivity contribution is 7.80. The van der Waals surface area contributed by atoms with E-state index < -0.39 is 12.0 Å². The second-order valence-electron chi connectivity index (χ2n) is 7.27. The highest BCUT2D eigenvalue weighted by Crippen LogP contribution is 2.30. The van der Waals surface area contributed by atoms with Crippen LogP contribution in [-0.2, 0) is 12.6 Å². The van der Waals surface area contributed by atoms with Gasteiger partial charge >= 0.3 is 6.18 Å². The molecule has 0 fully saturated rings. The maximum atomic E-state index is 13.0. The van der Waals surface area contributed by atoms with E-state index in [1.54, 1.807) is 14.1 Å². The van der Waals surface area contributed by atoms with Crippen LogP contribution in [-0.4, -0.2) is 28.9 Å². The van der Waals surface area contributed by atoms with Crippen LogP contribution < -0.4 is 4.90 Å². The van der Waals surface area contributed by atoms with Gasteiger partial charge in [-0.3, -0.25) is 0 Å². The number of hydrogen-bond acceptors (Lipinski definition) is 4. The molecule has 0 saturated heterocycles. The number of anilines is 1. The van der Waals surface area contributed by atoms with Crippen LogP contribution in [0.25, 0.3) is 5.69 Å². The molecule has 0 aliphatic heterocycles. The third kappa shape index (κ3) is 6.01. The highest BCUT2D eigenvalue weighted by Gasteiger charge is 2.37. The summed E-state index contributed by atoms with van der Waals surface area (Å²) >= 11 is 4.08. The minimum absolute atomic E-state index is 0.157. The van der Waals surface area contributed by atoms with Crippen molar-refractivity contribution in [2.45, 2.75) is 44.2 Å². The molecule has 1 heterocycles. The molecule has 0 aliphatic carbocycles. The van der Waals surface area contributed by atoms with E-state index >= 15 is 0 Å². The molecule has 2 aromatic carbocycles. The first-order chi connectivity index (χ1) is 14.0. The molecular weight excluding hydrogens is 409 g/mol. The average molecular weight is 437 g/mol. The summed E-state index contributed by atoms with van der Waals surface area (Å²) in [5.74, 6) is -0.621. The topological polar surface area (TPSA) is 34.0 Å². The summed E-state index contributed by atoms with van der Waals surface area (Å²) in [5, 5.41) is 3.69. The Hall–Kier alpha value is -2.48. The summed E-state index contributed by atoms with van der Waals surface area (Å²) in [6, 6.07) is 15.6. The van der Waals surface area contributed by atoms with Crippen LogP contribution in [0.5, 0.6) is 0 Å². The maximum Gasteiger partial charge on any atom is 0.453 e. The van der Waals surface area contributed by atoms with Crippen molar-refractivity contribution in [2.24, 2.45) is 0 Å². The number of rotatable bonds is 4. The minimum atomic E-state index is -4.57. The second kappa shape index (κ2) is 10.0. The molecule has 4 nitrogen and oxygen atoms in total. The second-order valence-corrected chi connectivity index (χ2v) is 7.79. The van der Waals surface area contributed by atoms with E-state index in [9.17, 15) is 13.2 Å². The number of benzene rings is 2.